The van der Waals surface area contributed by atoms with Crippen LogP contribution < -0.4 is 0 Å². The van der Waals surface area contributed by atoms with Gasteiger partial charge >= 0.3 is 0 Å². The van der Waals surface area contributed by atoms with Crippen LogP contribution in [0.4, 0.5) is 4.39 Å². The van der Waals surface area contributed by atoms with Crippen LogP contribution in [0.25, 0.3) is 10.9 Å². The van der Waals surface area contributed by atoms with Crippen molar-refractivity contribution in [3.05, 3.63) is 41.3 Å². The third-order valence-electron chi connectivity index (χ3n) is 2.92. The van der Waals surface area contributed by atoms with Gasteiger partial charge in [-0.1, -0.05) is 20.8 Å². The van der Waals surface area contributed by atoms with Gasteiger partial charge in [0.15, 0.2) is 5.78 Å². The van der Waals surface area contributed by atoms with E-state index in [1.54, 1.807) is 12.1 Å². The molecule has 0 unspecified atom stereocenters. The first-order valence-corrected chi connectivity index (χ1v) is 5.91. The lowest BCUT2D eigenvalue weighted by atomic mass is 9.89. The number of halogens is 1. The monoisotopic (exact) mass is 245 g/mol. The van der Waals surface area contributed by atoms with Crippen molar-refractivity contribution in [2.45, 2.75) is 33.1 Å². The first-order valence-electron chi connectivity index (χ1n) is 5.91. The molecule has 0 saturated heterocycles. The Morgan fingerprint density at radius 1 is 1.22 bits per heavy atom. The zero-order chi connectivity index (χ0) is 13.5. The van der Waals surface area contributed by atoms with Crippen molar-refractivity contribution in [2.75, 3.05) is 0 Å². The fraction of sp³-hybridized carbons (Fsp3) is 0.333. The summed E-state index contributed by atoms with van der Waals surface area (Å²) in [4.78, 5) is 16.2. The quantitative estimate of drug-likeness (QED) is 0.714. The Hall–Kier alpha value is -1.77. The van der Waals surface area contributed by atoms with Crippen molar-refractivity contribution < 1.29 is 9.18 Å². The summed E-state index contributed by atoms with van der Waals surface area (Å²) >= 11 is 0. The highest BCUT2D eigenvalue weighted by Gasteiger charge is 2.19. The van der Waals surface area contributed by atoms with Crippen molar-refractivity contribution in [3.8, 4) is 0 Å². The number of rotatable bonds is 1. The van der Waals surface area contributed by atoms with Gasteiger partial charge < -0.3 is 0 Å². The molecule has 0 N–H and O–H groups in total. The number of nitrogens with zero attached hydrogens (tertiary/aromatic N) is 1. The standard InChI is InChI=1S/C15H16FNO/c1-9(18)11-8-14(15(2,3)4)17-13-6-5-10(16)7-12(11)13/h5-8H,1-4H3. The van der Waals surface area contributed by atoms with Gasteiger partial charge in [0.05, 0.1) is 5.52 Å². The van der Waals surface area contributed by atoms with Crippen LogP contribution >= 0.6 is 0 Å². The summed E-state index contributed by atoms with van der Waals surface area (Å²) in [5, 5.41) is 0.579. The molecule has 1 aromatic carbocycles. The van der Waals surface area contributed by atoms with Crippen LogP contribution in [-0.4, -0.2) is 10.8 Å². The van der Waals surface area contributed by atoms with E-state index in [1.165, 1.54) is 19.1 Å². The van der Waals surface area contributed by atoms with E-state index >= 15 is 0 Å². The summed E-state index contributed by atoms with van der Waals surface area (Å²) < 4.78 is 13.3. The summed E-state index contributed by atoms with van der Waals surface area (Å²) in [6.07, 6.45) is 0. The highest BCUT2D eigenvalue weighted by Crippen LogP contribution is 2.26. The third-order valence-corrected chi connectivity index (χ3v) is 2.92. The molecule has 0 bridgehead atoms. The highest BCUT2D eigenvalue weighted by molar-refractivity contribution is 6.06. The zero-order valence-corrected chi connectivity index (χ0v) is 11.0. The molecule has 0 aliphatic heterocycles. The molecule has 18 heavy (non-hydrogen) atoms. The molecule has 0 amide bonds. The molecule has 2 aromatic rings. The van der Waals surface area contributed by atoms with Gasteiger partial charge in [-0.05, 0) is 31.2 Å². The highest BCUT2D eigenvalue weighted by atomic mass is 19.1. The lowest BCUT2D eigenvalue weighted by molar-refractivity contribution is 0.101. The van der Waals surface area contributed by atoms with E-state index in [0.717, 1.165) is 5.69 Å². The lowest BCUT2D eigenvalue weighted by Gasteiger charge is -2.19. The summed E-state index contributed by atoms with van der Waals surface area (Å²) in [6.45, 7) is 7.60. The van der Waals surface area contributed by atoms with Gasteiger partial charge in [0, 0.05) is 22.1 Å². The van der Waals surface area contributed by atoms with Crippen molar-refractivity contribution >= 4 is 16.7 Å². The number of fused-ring (bicyclic) bond motifs is 1. The number of carbonyl (C=O) groups excluding carboxylic acids is 1. The minimum atomic E-state index is -0.352. The minimum Gasteiger partial charge on any atom is -0.294 e. The number of hydrogen-bond donors (Lipinski definition) is 0. The predicted octanol–water partition coefficient (Wildman–Crippen LogP) is 3.87. The maximum Gasteiger partial charge on any atom is 0.160 e. The SMILES string of the molecule is CC(=O)c1cc(C(C)(C)C)nc2ccc(F)cc12. The average molecular weight is 245 g/mol. The van der Waals surface area contributed by atoms with Gasteiger partial charge in [0.2, 0.25) is 0 Å². The number of carbonyl (C=O) groups is 1. The minimum absolute atomic E-state index is 0.0708. The first kappa shape index (κ1) is 12.7. The van der Waals surface area contributed by atoms with E-state index in [1.807, 2.05) is 20.8 Å². The Morgan fingerprint density at radius 3 is 2.44 bits per heavy atom. The predicted molar refractivity (Wildman–Crippen MR) is 70.4 cm³/mol. The number of Topliss-reactive ketones (excluding diaryl/α,β-unsaturated/α-hetero) is 1. The fourth-order valence-electron chi connectivity index (χ4n) is 1.87. The number of pyridine rings is 1. The molecule has 2 rings (SSSR count). The van der Waals surface area contributed by atoms with E-state index in [-0.39, 0.29) is 17.0 Å². The van der Waals surface area contributed by atoms with Crippen molar-refractivity contribution in [3.63, 3.8) is 0 Å². The van der Waals surface area contributed by atoms with E-state index in [0.29, 0.717) is 16.5 Å². The van der Waals surface area contributed by atoms with E-state index in [4.69, 9.17) is 0 Å². The second kappa shape index (κ2) is 4.16. The maximum absolute atomic E-state index is 13.3. The first-order chi connectivity index (χ1) is 8.29. The maximum atomic E-state index is 13.3. The second-order valence-corrected chi connectivity index (χ2v) is 5.52. The molecular formula is C15H16FNO. The van der Waals surface area contributed by atoms with Gasteiger partial charge in [0.1, 0.15) is 5.82 Å². The van der Waals surface area contributed by atoms with Crippen LogP contribution in [0.2, 0.25) is 0 Å². The number of aromatic nitrogens is 1. The van der Waals surface area contributed by atoms with Crippen molar-refractivity contribution in [1.82, 2.24) is 4.98 Å². The topological polar surface area (TPSA) is 30.0 Å². The molecule has 94 valence electrons. The van der Waals surface area contributed by atoms with Gasteiger partial charge in [-0.25, -0.2) is 4.39 Å². The van der Waals surface area contributed by atoms with Gasteiger partial charge in [-0.15, -0.1) is 0 Å². The normalized spacial score (nSPS) is 11.8. The van der Waals surface area contributed by atoms with Crippen LogP contribution in [0.15, 0.2) is 24.3 Å². The van der Waals surface area contributed by atoms with Gasteiger partial charge in [0.25, 0.3) is 0 Å². The Kier molecular flexibility index (Phi) is 2.93. The van der Waals surface area contributed by atoms with Crippen LogP contribution in [0.5, 0.6) is 0 Å². The number of hydrogen-bond acceptors (Lipinski definition) is 2. The summed E-state index contributed by atoms with van der Waals surface area (Å²) in [5.74, 6) is -0.422. The van der Waals surface area contributed by atoms with Crippen LogP contribution in [0, 0.1) is 5.82 Å². The molecule has 0 radical (unpaired) electrons. The van der Waals surface area contributed by atoms with Gasteiger partial charge in [-0.3, -0.25) is 9.78 Å². The summed E-state index contributed by atoms with van der Waals surface area (Å²) in [7, 11) is 0. The van der Waals surface area contributed by atoms with Gasteiger partial charge in [-0.2, -0.15) is 0 Å². The van der Waals surface area contributed by atoms with E-state index < -0.39 is 0 Å². The molecule has 1 heterocycles. The zero-order valence-electron chi connectivity index (χ0n) is 11.0. The Morgan fingerprint density at radius 2 is 1.89 bits per heavy atom. The van der Waals surface area contributed by atoms with E-state index in [2.05, 4.69) is 4.98 Å². The third kappa shape index (κ3) is 2.26. The van der Waals surface area contributed by atoms with Crippen LogP contribution in [0.1, 0.15) is 43.7 Å². The lowest BCUT2D eigenvalue weighted by Crippen LogP contribution is -2.15. The number of benzene rings is 1. The van der Waals surface area contributed by atoms with Crippen molar-refractivity contribution in [1.29, 1.82) is 0 Å². The molecule has 0 fully saturated rings. The Bertz CT molecular complexity index is 626. The molecule has 0 spiro atoms. The van der Waals surface area contributed by atoms with E-state index in [9.17, 15) is 9.18 Å². The smallest absolute Gasteiger partial charge is 0.160 e. The molecule has 0 atom stereocenters. The van der Waals surface area contributed by atoms with Crippen molar-refractivity contribution in [2.24, 2.45) is 0 Å². The molecule has 2 nitrogen and oxygen atoms in total. The van der Waals surface area contributed by atoms with Crippen LogP contribution in [-0.2, 0) is 5.41 Å². The molecule has 1 aromatic heterocycles. The largest absolute Gasteiger partial charge is 0.294 e. The Balaban J connectivity index is 2.83. The molecule has 0 aliphatic carbocycles. The molecule has 3 heteroatoms. The molecular weight excluding hydrogens is 229 g/mol. The molecule has 0 saturated carbocycles. The second-order valence-electron chi connectivity index (χ2n) is 5.52. The summed E-state index contributed by atoms with van der Waals surface area (Å²) in [5.41, 5.74) is 1.89. The number of ketones is 1. The Labute approximate surface area is 106 Å². The van der Waals surface area contributed by atoms with Crippen LogP contribution in [0.3, 0.4) is 0 Å². The fourth-order valence-corrected chi connectivity index (χ4v) is 1.87. The summed E-state index contributed by atoms with van der Waals surface area (Å²) in [6, 6.07) is 6.12. The molecule has 0 aliphatic rings. The average Bonchev–Trinajstić information content (AvgIpc) is 2.25.